The number of hydrogen-bond acceptors (Lipinski definition) is 10. The number of nitrogens with zero attached hydrogens (tertiary/aromatic N) is 5. The first-order valence-electron chi connectivity index (χ1n) is 9.58. The van der Waals surface area contributed by atoms with E-state index in [-0.39, 0.29) is 17.5 Å². The van der Waals surface area contributed by atoms with Crippen molar-refractivity contribution >= 4 is 35.4 Å². The number of hydrogen-bond donors (Lipinski definition) is 2. The third-order valence-corrected chi connectivity index (χ3v) is 5.43. The van der Waals surface area contributed by atoms with Crippen molar-refractivity contribution in [2.24, 2.45) is 5.10 Å². The van der Waals surface area contributed by atoms with Gasteiger partial charge in [0.25, 0.3) is 5.95 Å². The molecule has 3 aromatic rings. The van der Waals surface area contributed by atoms with E-state index in [4.69, 9.17) is 15.3 Å². The predicted molar refractivity (Wildman–Crippen MR) is 127 cm³/mol. The molecule has 0 aliphatic heterocycles. The molecule has 0 spiro atoms. The number of nitrogen functional groups attached to an aromatic ring is 1. The highest BCUT2D eigenvalue weighted by Crippen LogP contribution is 2.28. The van der Waals surface area contributed by atoms with Crippen molar-refractivity contribution in [3.05, 3.63) is 53.6 Å². The van der Waals surface area contributed by atoms with Crippen molar-refractivity contribution in [3.63, 3.8) is 0 Å². The van der Waals surface area contributed by atoms with Crippen molar-refractivity contribution < 1.29 is 14.3 Å². The summed E-state index contributed by atoms with van der Waals surface area (Å²) in [6.07, 6.45) is 1.65. The second-order valence-corrected chi connectivity index (χ2v) is 7.76. The normalized spacial score (nSPS) is 10.9. The van der Waals surface area contributed by atoms with Gasteiger partial charge in [0.1, 0.15) is 0 Å². The van der Waals surface area contributed by atoms with Crippen LogP contribution in [-0.2, 0) is 0 Å². The maximum Gasteiger partial charge on any atom is 0.264 e. The van der Waals surface area contributed by atoms with Crippen LogP contribution in [0.3, 0.4) is 0 Å². The quantitative estimate of drug-likeness (QED) is 0.156. The lowest BCUT2D eigenvalue weighted by Gasteiger charge is -2.11. The largest absolute Gasteiger partial charge is 0.493 e. The second-order valence-electron chi connectivity index (χ2n) is 6.81. The number of thioether (sulfide) groups is 1. The number of nitrogens with one attached hydrogen (secondary N) is 1. The molecule has 10 nitrogen and oxygen atoms in total. The lowest BCUT2D eigenvalue weighted by molar-refractivity contribution is 0.102. The van der Waals surface area contributed by atoms with Gasteiger partial charge in [-0.05, 0) is 35.9 Å². The fraction of sp³-hybridized carbons (Fsp3) is 0.238. The molecular formula is C21H25N7O3S. The number of benzene rings is 2. The van der Waals surface area contributed by atoms with Gasteiger partial charge in [-0.15, -0.1) is 10.2 Å². The molecule has 0 bridgehead atoms. The van der Waals surface area contributed by atoms with E-state index in [1.165, 1.54) is 23.5 Å². The van der Waals surface area contributed by atoms with Crippen LogP contribution in [0.2, 0.25) is 0 Å². The summed E-state index contributed by atoms with van der Waals surface area (Å²) >= 11 is 1.17. The van der Waals surface area contributed by atoms with Gasteiger partial charge in [0.15, 0.2) is 17.3 Å². The molecule has 3 rings (SSSR count). The fourth-order valence-electron chi connectivity index (χ4n) is 2.70. The molecule has 0 aliphatic carbocycles. The van der Waals surface area contributed by atoms with Gasteiger partial charge in [0, 0.05) is 25.3 Å². The van der Waals surface area contributed by atoms with Gasteiger partial charge < -0.3 is 20.2 Å². The number of Topliss-reactive ketones (excluding diaryl/α,β-unsaturated/α-hetero) is 1. The number of anilines is 2. The van der Waals surface area contributed by atoms with E-state index in [9.17, 15) is 4.79 Å². The minimum absolute atomic E-state index is 0.104. The van der Waals surface area contributed by atoms with Gasteiger partial charge in [-0.1, -0.05) is 23.9 Å². The van der Waals surface area contributed by atoms with E-state index in [0.29, 0.717) is 22.2 Å². The van der Waals surface area contributed by atoms with Crippen LogP contribution in [0.4, 0.5) is 11.6 Å². The molecule has 11 heteroatoms. The summed E-state index contributed by atoms with van der Waals surface area (Å²) in [5, 5.41) is 12.5. The van der Waals surface area contributed by atoms with E-state index < -0.39 is 0 Å². The molecule has 0 saturated heterocycles. The monoisotopic (exact) mass is 455 g/mol. The summed E-state index contributed by atoms with van der Waals surface area (Å²) in [4.78, 5) is 14.6. The Morgan fingerprint density at radius 2 is 1.88 bits per heavy atom. The molecule has 0 aliphatic rings. The van der Waals surface area contributed by atoms with Crippen LogP contribution in [0.15, 0.2) is 52.7 Å². The standard InChI is InChI=1S/C21H25N7O3S/c1-27(2)16-8-5-14(6-9-16)12-23-24-20-25-26-21(28(20)22)32-13-17(29)15-7-10-18(30-3)19(11-15)31-4/h5-12H,13,22H2,1-4H3,(H,24,25)/b23-12+. The average Bonchev–Trinajstić information content (AvgIpc) is 3.16. The SMILES string of the molecule is COc1ccc(C(=O)CSc2nnc(N/N=C/c3ccc(N(C)C)cc3)n2N)cc1OC. The Kier molecular flexibility index (Phi) is 7.55. The number of nitrogens with two attached hydrogens (primary N) is 1. The Bertz CT molecular complexity index is 1100. The van der Waals surface area contributed by atoms with E-state index in [2.05, 4.69) is 20.7 Å². The molecule has 2 aromatic carbocycles. The Morgan fingerprint density at radius 1 is 1.16 bits per heavy atom. The average molecular weight is 456 g/mol. The zero-order valence-electron chi connectivity index (χ0n) is 18.3. The Morgan fingerprint density at radius 3 is 2.53 bits per heavy atom. The topological polar surface area (TPSA) is 120 Å². The van der Waals surface area contributed by atoms with Gasteiger partial charge >= 0.3 is 0 Å². The third-order valence-electron chi connectivity index (χ3n) is 4.49. The molecule has 1 aromatic heterocycles. The number of ether oxygens (including phenoxy) is 2. The molecule has 0 fully saturated rings. The lowest BCUT2D eigenvalue weighted by Crippen LogP contribution is -2.14. The number of ketones is 1. The first-order valence-corrected chi connectivity index (χ1v) is 10.6. The zero-order valence-corrected chi connectivity index (χ0v) is 19.1. The van der Waals surface area contributed by atoms with E-state index in [1.807, 2.05) is 43.3 Å². The first kappa shape index (κ1) is 22.9. The summed E-state index contributed by atoms with van der Waals surface area (Å²) < 4.78 is 11.7. The maximum atomic E-state index is 12.5. The molecule has 0 saturated carbocycles. The van der Waals surface area contributed by atoms with Crippen molar-refractivity contribution in [1.82, 2.24) is 14.9 Å². The van der Waals surface area contributed by atoms with E-state index in [0.717, 1.165) is 11.3 Å². The number of rotatable bonds is 10. The number of carbonyl (C=O) groups is 1. The van der Waals surface area contributed by atoms with Gasteiger partial charge in [-0.25, -0.2) is 10.1 Å². The van der Waals surface area contributed by atoms with Crippen LogP contribution in [0.5, 0.6) is 11.5 Å². The molecule has 0 atom stereocenters. The van der Waals surface area contributed by atoms with Gasteiger partial charge in [-0.2, -0.15) is 5.10 Å². The highest BCUT2D eigenvalue weighted by Gasteiger charge is 2.15. The highest BCUT2D eigenvalue weighted by molar-refractivity contribution is 7.99. The number of methoxy groups -OCH3 is 2. The van der Waals surface area contributed by atoms with Crippen molar-refractivity contribution in [2.75, 3.05) is 50.2 Å². The lowest BCUT2D eigenvalue weighted by atomic mass is 10.1. The number of aromatic nitrogens is 3. The summed E-state index contributed by atoms with van der Waals surface area (Å²) in [5.41, 5.74) is 5.28. The van der Waals surface area contributed by atoms with Crippen LogP contribution >= 0.6 is 11.8 Å². The van der Waals surface area contributed by atoms with Crippen molar-refractivity contribution in [3.8, 4) is 11.5 Å². The number of hydrazone groups is 1. The molecule has 1 heterocycles. The zero-order chi connectivity index (χ0) is 23.1. The third kappa shape index (κ3) is 5.49. The Balaban J connectivity index is 1.58. The molecule has 0 amide bonds. The smallest absolute Gasteiger partial charge is 0.264 e. The summed E-state index contributed by atoms with van der Waals surface area (Å²) in [6, 6.07) is 12.9. The second kappa shape index (κ2) is 10.5. The summed E-state index contributed by atoms with van der Waals surface area (Å²) in [7, 11) is 7.03. The maximum absolute atomic E-state index is 12.5. The number of carbonyl (C=O) groups excluding carboxylic acids is 1. The molecular weight excluding hydrogens is 430 g/mol. The van der Waals surface area contributed by atoms with Crippen LogP contribution < -0.4 is 25.6 Å². The first-order chi connectivity index (χ1) is 15.4. The van der Waals surface area contributed by atoms with Crippen molar-refractivity contribution in [2.45, 2.75) is 5.16 Å². The molecule has 0 unspecified atom stereocenters. The van der Waals surface area contributed by atoms with Gasteiger partial charge in [-0.3, -0.25) is 4.79 Å². The minimum Gasteiger partial charge on any atom is -0.493 e. The van der Waals surface area contributed by atoms with E-state index >= 15 is 0 Å². The van der Waals surface area contributed by atoms with Crippen molar-refractivity contribution in [1.29, 1.82) is 0 Å². The van der Waals surface area contributed by atoms with Crippen LogP contribution in [0.25, 0.3) is 0 Å². The van der Waals surface area contributed by atoms with Crippen LogP contribution in [0.1, 0.15) is 15.9 Å². The molecule has 168 valence electrons. The Hall–Kier alpha value is -3.73. The Labute approximate surface area is 190 Å². The molecule has 32 heavy (non-hydrogen) atoms. The minimum atomic E-state index is -0.104. The summed E-state index contributed by atoms with van der Waals surface area (Å²) in [5.74, 6) is 7.36. The van der Waals surface area contributed by atoms with Gasteiger partial charge in [0.05, 0.1) is 26.2 Å². The van der Waals surface area contributed by atoms with Crippen LogP contribution in [0, 0.1) is 0 Å². The molecule has 0 radical (unpaired) electrons. The van der Waals surface area contributed by atoms with Gasteiger partial charge in [0.2, 0.25) is 5.16 Å². The fourth-order valence-corrected chi connectivity index (χ4v) is 3.45. The van der Waals surface area contributed by atoms with E-state index in [1.54, 1.807) is 31.5 Å². The molecule has 3 N–H and O–H groups in total. The summed E-state index contributed by atoms with van der Waals surface area (Å²) in [6.45, 7) is 0. The highest BCUT2D eigenvalue weighted by atomic mass is 32.2. The predicted octanol–water partition coefficient (Wildman–Crippen LogP) is 2.50. The van der Waals surface area contributed by atoms with Crippen LogP contribution in [-0.4, -0.2) is 60.9 Å².